The Morgan fingerprint density at radius 2 is 2.14 bits per heavy atom. The monoisotopic (exact) mass is 213 g/mol. The second-order valence-electron chi connectivity index (χ2n) is 3.29. The molecule has 0 aromatic heterocycles. The molecule has 0 unspecified atom stereocenters. The van der Waals surface area contributed by atoms with Crippen molar-refractivity contribution in [3.63, 3.8) is 0 Å². The van der Waals surface area contributed by atoms with Crippen molar-refractivity contribution in [2.24, 2.45) is 0 Å². The van der Waals surface area contributed by atoms with Gasteiger partial charge in [0.2, 0.25) is 0 Å². The van der Waals surface area contributed by atoms with Gasteiger partial charge in [0, 0.05) is 11.1 Å². The number of hydrogen-bond donors (Lipinski definition) is 2. The van der Waals surface area contributed by atoms with Crippen LogP contribution in [0.1, 0.15) is 24.2 Å². The lowest BCUT2D eigenvalue weighted by molar-refractivity contribution is 0.0940. The van der Waals surface area contributed by atoms with Gasteiger partial charge in [-0.3, -0.25) is 4.79 Å². The minimum atomic E-state index is -0.297. The van der Waals surface area contributed by atoms with E-state index in [9.17, 15) is 9.90 Å². The average molecular weight is 214 g/mol. The number of halogens is 1. The van der Waals surface area contributed by atoms with E-state index in [4.69, 9.17) is 11.6 Å². The van der Waals surface area contributed by atoms with E-state index in [0.29, 0.717) is 5.02 Å². The molecule has 0 radical (unpaired) electrons. The van der Waals surface area contributed by atoms with Crippen molar-refractivity contribution in [1.82, 2.24) is 5.32 Å². The average Bonchev–Trinajstić information content (AvgIpc) is 2.01. The van der Waals surface area contributed by atoms with Crippen LogP contribution in [0.5, 0.6) is 5.75 Å². The maximum Gasteiger partial charge on any atom is 0.255 e. The number of hydrogen-bond acceptors (Lipinski definition) is 2. The number of amides is 1. The van der Waals surface area contributed by atoms with E-state index >= 15 is 0 Å². The maximum absolute atomic E-state index is 11.5. The van der Waals surface area contributed by atoms with Gasteiger partial charge in [-0.05, 0) is 32.0 Å². The van der Waals surface area contributed by atoms with Gasteiger partial charge in [0.05, 0.1) is 5.56 Å². The third-order valence-electron chi connectivity index (χ3n) is 1.62. The number of carbonyl (C=O) groups excluding carboxylic acids is 1. The molecule has 0 spiro atoms. The molecular formula is C10H12ClNO2. The van der Waals surface area contributed by atoms with E-state index in [-0.39, 0.29) is 23.3 Å². The van der Waals surface area contributed by atoms with Gasteiger partial charge >= 0.3 is 0 Å². The van der Waals surface area contributed by atoms with Crippen LogP contribution in [0.4, 0.5) is 0 Å². The fourth-order valence-corrected chi connectivity index (χ4v) is 1.20. The molecule has 0 saturated heterocycles. The molecule has 0 aliphatic carbocycles. The van der Waals surface area contributed by atoms with Crippen LogP contribution in [0.15, 0.2) is 18.2 Å². The van der Waals surface area contributed by atoms with Crippen LogP contribution in [-0.2, 0) is 0 Å². The highest BCUT2D eigenvalue weighted by Crippen LogP contribution is 2.21. The summed E-state index contributed by atoms with van der Waals surface area (Å²) in [6.45, 7) is 3.70. The molecule has 0 fully saturated rings. The number of phenolic OH excluding ortho intramolecular Hbond substituents is 1. The highest BCUT2D eigenvalue weighted by atomic mass is 35.5. The fraction of sp³-hybridized carbons (Fsp3) is 0.300. The summed E-state index contributed by atoms with van der Waals surface area (Å²) in [5, 5.41) is 12.5. The van der Waals surface area contributed by atoms with E-state index in [1.165, 1.54) is 12.1 Å². The topological polar surface area (TPSA) is 49.3 Å². The Bertz CT molecular complexity index is 350. The van der Waals surface area contributed by atoms with Gasteiger partial charge in [-0.1, -0.05) is 11.6 Å². The molecule has 4 heteroatoms. The van der Waals surface area contributed by atoms with E-state index in [0.717, 1.165) is 0 Å². The summed E-state index contributed by atoms with van der Waals surface area (Å²) in [5.74, 6) is -0.398. The van der Waals surface area contributed by atoms with Crippen molar-refractivity contribution in [1.29, 1.82) is 0 Å². The molecule has 1 amide bonds. The number of phenols is 1. The van der Waals surface area contributed by atoms with Crippen LogP contribution in [0.25, 0.3) is 0 Å². The molecular weight excluding hydrogens is 202 g/mol. The van der Waals surface area contributed by atoms with Crippen LogP contribution in [0.3, 0.4) is 0 Å². The van der Waals surface area contributed by atoms with E-state index in [1.807, 2.05) is 13.8 Å². The van der Waals surface area contributed by atoms with Gasteiger partial charge in [-0.25, -0.2) is 0 Å². The minimum Gasteiger partial charge on any atom is -0.507 e. The first kappa shape index (κ1) is 10.9. The highest BCUT2D eigenvalue weighted by Gasteiger charge is 2.11. The summed E-state index contributed by atoms with van der Waals surface area (Å²) in [4.78, 5) is 11.5. The molecule has 1 rings (SSSR count). The van der Waals surface area contributed by atoms with Crippen LogP contribution < -0.4 is 5.32 Å². The normalized spacial score (nSPS) is 10.3. The number of rotatable bonds is 2. The summed E-state index contributed by atoms with van der Waals surface area (Å²) in [6.07, 6.45) is 0. The van der Waals surface area contributed by atoms with E-state index in [1.54, 1.807) is 6.07 Å². The predicted molar refractivity (Wildman–Crippen MR) is 55.7 cm³/mol. The van der Waals surface area contributed by atoms with Gasteiger partial charge in [0.25, 0.3) is 5.91 Å². The predicted octanol–water partition coefficient (Wildman–Crippen LogP) is 2.18. The van der Waals surface area contributed by atoms with Crippen molar-refractivity contribution in [3.05, 3.63) is 28.8 Å². The molecule has 0 saturated carbocycles. The first-order chi connectivity index (χ1) is 6.50. The first-order valence-corrected chi connectivity index (χ1v) is 4.68. The van der Waals surface area contributed by atoms with Gasteiger partial charge in [0.1, 0.15) is 5.75 Å². The smallest absolute Gasteiger partial charge is 0.255 e. The fourth-order valence-electron chi connectivity index (χ4n) is 1.04. The lowest BCUT2D eigenvalue weighted by Gasteiger charge is -2.09. The zero-order chi connectivity index (χ0) is 10.7. The minimum absolute atomic E-state index is 0.0394. The quantitative estimate of drug-likeness (QED) is 0.791. The summed E-state index contributed by atoms with van der Waals surface area (Å²) >= 11 is 5.64. The summed E-state index contributed by atoms with van der Waals surface area (Å²) in [7, 11) is 0. The maximum atomic E-state index is 11.5. The molecule has 0 aliphatic rings. The van der Waals surface area contributed by atoms with Crippen molar-refractivity contribution in [2.75, 3.05) is 0 Å². The van der Waals surface area contributed by atoms with E-state index < -0.39 is 0 Å². The zero-order valence-corrected chi connectivity index (χ0v) is 8.80. The Labute approximate surface area is 87.7 Å². The molecule has 0 bridgehead atoms. The molecule has 2 N–H and O–H groups in total. The third-order valence-corrected chi connectivity index (χ3v) is 1.86. The van der Waals surface area contributed by atoms with Crippen molar-refractivity contribution >= 4 is 17.5 Å². The molecule has 1 aromatic carbocycles. The zero-order valence-electron chi connectivity index (χ0n) is 8.04. The Morgan fingerprint density at radius 3 is 2.64 bits per heavy atom. The number of aromatic hydroxyl groups is 1. The highest BCUT2D eigenvalue weighted by molar-refractivity contribution is 6.30. The van der Waals surface area contributed by atoms with Gasteiger partial charge in [-0.15, -0.1) is 0 Å². The van der Waals surface area contributed by atoms with Crippen molar-refractivity contribution in [3.8, 4) is 5.75 Å². The lowest BCUT2D eigenvalue weighted by Crippen LogP contribution is -2.30. The lowest BCUT2D eigenvalue weighted by atomic mass is 10.2. The Balaban J connectivity index is 2.90. The van der Waals surface area contributed by atoms with Gasteiger partial charge < -0.3 is 10.4 Å². The number of benzene rings is 1. The van der Waals surface area contributed by atoms with Crippen LogP contribution >= 0.6 is 11.6 Å². The largest absolute Gasteiger partial charge is 0.507 e. The SMILES string of the molecule is CC(C)NC(=O)c1ccc(Cl)cc1O. The Morgan fingerprint density at radius 1 is 1.50 bits per heavy atom. The van der Waals surface area contributed by atoms with Gasteiger partial charge in [0.15, 0.2) is 0 Å². The molecule has 0 atom stereocenters. The molecule has 76 valence electrons. The Kier molecular flexibility index (Phi) is 3.36. The molecule has 1 aromatic rings. The molecule has 0 heterocycles. The summed E-state index contributed by atoms with van der Waals surface area (Å²) < 4.78 is 0. The standard InChI is InChI=1S/C10H12ClNO2/c1-6(2)12-10(14)8-4-3-7(11)5-9(8)13/h3-6,13H,1-2H3,(H,12,14). The molecule has 3 nitrogen and oxygen atoms in total. The van der Waals surface area contributed by atoms with Crippen LogP contribution in [0.2, 0.25) is 5.02 Å². The van der Waals surface area contributed by atoms with Crippen LogP contribution in [0, 0.1) is 0 Å². The molecule has 0 aliphatic heterocycles. The Hall–Kier alpha value is -1.22. The van der Waals surface area contributed by atoms with Crippen LogP contribution in [-0.4, -0.2) is 17.1 Å². The van der Waals surface area contributed by atoms with Gasteiger partial charge in [-0.2, -0.15) is 0 Å². The second-order valence-corrected chi connectivity index (χ2v) is 3.73. The van der Waals surface area contributed by atoms with Crippen molar-refractivity contribution < 1.29 is 9.90 Å². The second kappa shape index (κ2) is 4.33. The summed E-state index contributed by atoms with van der Waals surface area (Å²) in [5.41, 5.74) is 0.239. The van der Waals surface area contributed by atoms with E-state index in [2.05, 4.69) is 5.32 Å². The summed E-state index contributed by atoms with van der Waals surface area (Å²) in [6, 6.07) is 4.44. The number of carbonyl (C=O) groups is 1. The third kappa shape index (κ3) is 2.64. The van der Waals surface area contributed by atoms with Crippen molar-refractivity contribution in [2.45, 2.75) is 19.9 Å². The molecule has 14 heavy (non-hydrogen) atoms. The number of nitrogens with one attached hydrogen (secondary N) is 1. The first-order valence-electron chi connectivity index (χ1n) is 4.30.